The zero-order valence-electron chi connectivity index (χ0n) is 15.2. The van der Waals surface area contributed by atoms with Gasteiger partial charge in [-0.05, 0) is 38.1 Å². The minimum Gasteiger partial charge on any atom is -0.487 e. The van der Waals surface area contributed by atoms with Crippen molar-refractivity contribution in [3.05, 3.63) is 54.2 Å². The smallest absolute Gasteiger partial charge is 0.452 e. The number of aromatic nitrogens is 2. The lowest BCUT2D eigenvalue weighted by atomic mass is 10.3. The third-order valence-corrected chi connectivity index (χ3v) is 3.21. The summed E-state index contributed by atoms with van der Waals surface area (Å²) in [4.78, 5) is 11.6. The number of hydrogen-bond acceptors (Lipinski definition) is 6. The molecule has 0 aliphatic rings. The molecule has 1 heterocycles. The number of alkyl halides is 3. The van der Waals surface area contributed by atoms with Crippen LogP contribution in [0.25, 0.3) is 0 Å². The van der Waals surface area contributed by atoms with Gasteiger partial charge in [-0.25, -0.2) is 9.48 Å². The van der Waals surface area contributed by atoms with Crippen LogP contribution in [0.1, 0.15) is 24.2 Å². The van der Waals surface area contributed by atoms with E-state index in [1.807, 2.05) is 0 Å². The van der Waals surface area contributed by atoms with Gasteiger partial charge in [0.05, 0.1) is 25.0 Å². The van der Waals surface area contributed by atoms with E-state index in [1.54, 1.807) is 6.92 Å². The van der Waals surface area contributed by atoms with Crippen molar-refractivity contribution in [1.82, 2.24) is 9.78 Å². The van der Waals surface area contributed by atoms with Crippen LogP contribution in [-0.4, -0.2) is 35.1 Å². The topological polar surface area (TPSA) is 71.8 Å². The summed E-state index contributed by atoms with van der Waals surface area (Å²) < 4.78 is 59.4. The van der Waals surface area contributed by atoms with E-state index in [4.69, 9.17) is 14.2 Å². The van der Waals surface area contributed by atoms with Crippen LogP contribution < -0.4 is 9.47 Å². The van der Waals surface area contributed by atoms with Gasteiger partial charge in [-0.15, -0.1) is 0 Å². The minimum atomic E-state index is -4.63. The van der Waals surface area contributed by atoms with Crippen LogP contribution in [0.5, 0.6) is 11.5 Å². The molecule has 10 heteroatoms. The van der Waals surface area contributed by atoms with E-state index >= 15 is 0 Å². The third kappa shape index (κ3) is 6.22. The highest BCUT2D eigenvalue weighted by Crippen LogP contribution is 2.27. The van der Waals surface area contributed by atoms with E-state index in [1.165, 1.54) is 48.3 Å². The Bertz CT molecular complexity index is 800. The number of carbonyl (C=O) groups excluding carboxylic acids is 1. The van der Waals surface area contributed by atoms with Gasteiger partial charge in [-0.1, -0.05) is 0 Å². The molecule has 2 rings (SSSR count). The van der Waals surface area contributed by atoms with Gasteiger partial charge in [-0.2, -0.15) is 18.3 Å². The van der Waals surface area contributed by atoms with Gasteiger partial charge < -0.3 is 18.9 Å². The van der Waals surface area contributed by atoms with Crippen LogP contribution in [0, 0.1) is 0 Å². The molecule has 1 aromatic carbocycles. The molecule has 0 amide bonds. The number of allylic oxidation sites excluding steroid dienone is 1. The highest BCUT2D eigenvalue weighted by molar-refractivity contribution is 5.88. The molecule has 0 aliphatic carbocycles. The highest BCUT2D eigenvalue weighted by Gasteiger charge is 2.36. The standard InChI is InChI=1S/C18H19F3N2O5/c1-3-25-16(18(19,20)21)11-27-14-5-7-15(8-6-14)28-12-23-10-13(9-22-23)17(24)26-4-2/h5-11H,3-4,12H2,1-2H3/b16-11-. The van der Waals surface area contributed by atoms with Crippen molar-refractivity contribution in [2.45, 2.75) is 26.8 Å². The monoisotopic (exact) mass is 400 g/mol. The molecule has 0 N–H and O–H groups in total. The van der Waals surface area contributed by atoms with Gasteiger partial charge in [0.1, 0.15) is 17.8 Å². The molecular weight excluding hydrogens is 381 g/mol. The lowest BCUT2D eigenvalue weighted by Gasteiger charge is -2.12. The molecule has 0 atom stereocenters. The second-order valence-electron chi connectivity index (χ2n) is 5.26. The average molecular weight is 400 g/mol. The summed E-state index contributed by atoms with van der Waals surface area (Å²) in [5, 5.41) is 3.98. The first kappa shape index (κ1) is 21.1. The quantitative estimate of drug-likeness (QED) is 0.469. The summed E-state index contributed by atoms with van der Waals surface area (Å²) in [5.41, 5.74) is 0.302. The molecule has 0 fully saturated rings. The van der Waals surface area contributed by atoms with Crippen LogP contribution in [0.4, 0.5) is 13.2 Å². The largest absolute Gasteiger partial charge is 0.487 e. The maximum atomic E-state index is 12.7. The zero-order valence-corrected chi connectivity index (χ0v) is 15.2. The Morgan fingerprint density at radius 2 is 1.75 bits per heavy atom. The molecule has 1 aromatic heterocycles. The molecule has 0 unspecified atom stereocenters. The molecule has 7 nitrogen and oxygen atoms in total. The van der Waals surface area contributed by atoms with E-state index in [9.17, 15) is 18.0 Å². The van der Waals surface area contributed by atoms with Crippen molar-refractivity contribution in [2.75, 3.05) is 13.2 Å². The Morgan fingerprint density at radius 3 is 2.36 bits per heavy atom. The first-order valence-electron chi connectivity index (χ1n) is 8.32. The highest BCUT2D eigenvalue weighted by atomic mass is 19.4. The van der Waals surface area contributed by atoms with E-state index in [0.29, 0.717) is 17.6 Å². The minimum absolute atomic E-state index is 0.0298. The number of esters is 1. The van der Waals surface area contributed by atoms with Gasteiger partial charge in [0.2, 0.25) is 5.76 Å². The van der Waals surface area contributed by atoms with E-state index in [-0.39, 0.29) is 25.7 Å². The lowest BCUT2D eigenvalue weighted by molar-refractivity contribution is -0.132. The van der Waals surface area contributed by atoms with Crippen LogP contribution >= 0.6 is 0 Å². The fourth-order valence-corrected chi connectivity index (χ4v) is 1.97. The van der Waals surface area contributed by atoms with Gasteiger partial charge in [0.15, 0.2) is 6.73 Å². The summed E-state index contributed by atoms with van der Waals surface area (Å²) in [7, 11) is 0. The summed E-state index contributed by atoms with van der Waals surface area (Å²) >= 11 is 0. The van der Waals surface area contributed by atoms with Crippen molar-refractivity contribution in [2.24, 2.45) is 0 Å². The van der Waals surface area contributed by atoms with Crippen LogP contribution in [-0.2, 0) is 16.2 Å². The maximum Gasteiger partial charge on any atom is 0.452 e. The fraction of sp³-hybridized carbons (Fsp3) is 0.333. The summed E-state index contributed by atoms with van der Waals surface area (Å²) in [5.74, 6) is -1.08. The molecule has 152 valence electrons. The van der Waals surface area contributed by atoms with Crippen molar-refractivity contribution < 1.29 is 36.9 Å². The molecule has 0 radical (unpaired) electrons. The third-order valence-electron chi connectivity index (χ3n) is 3.21. The Hall–Kier alpha value is -3.17. The normalized spacial score (nSPS) is 11.8. The number of hydrogen-bond donors (Lipinski definition) is 0. The van der Waals surface area contributed by atoms with Crippen LogP contribution in [0.3, 0.4) is 0 Å². The molecule has 0 saturated carbocycles. The Labute approximate surface area is 159 Å². The van der Waals surface area contributed by atoms with Gasteiger partial charge in [0.25, 0.3) is 0 Å². The van der Waals surface area contributed by atoms with E-state index < -0.39 is 17.9 Å². The predicted molar refractivity (Wildman–Crippen MR) is 91.6 cm³/mol. The first-order chi connectivity index (χ1) is 13.3. The van der Waals surface area contributed by atoms with E-state index in [0.717, 1.165) is 0 Å². The SMILES string of the molecule is CCOC(=O)c1cnn(COc2ccc(O/C=C(\OCC)C(F)(F)F)cc2)c1. The molecular formula is C18H19F3N2O5. The maximum absolute atomic E-state index is 12.7. The number of benzene rings is 1. The summed E-state index contributed by atoms with van der Waals surface area (Å²) in [6, 6.07) is 5.93. The summed E-state index contributed by atoms with van der Waals surface area (Å²) in [6.07, 6.45) is -1.28. The van der Waals surface area contributed by atoms with Gasteiger partial charge in [-0.3, -0.25) is 0 Å². The molecule has 0 saturated heterocycles. The van der Waals surface area contributed by atoms with E-state index in [2.05, 4.69) is 9.84 Å². The number of carbonyl (C=O) groups is 1. The second kappa shape index (κ2) is 9.67. The van der Waals surface area contributed by atoms with Gasteiger partial charge in [0, 0.05) is 6.20 Å². The fourth-order valence-electron chi connectivity index (χ4n) is 1.97. The Morgan fingerprint density at radius 1 is 1.11 bits per heavy atom. The lowest BCUT2D eigenvalue weighted by Crippen LogP contribution is -2.15. The molecule has 0 spiro atoms. The Balaban J connectivity index is 1.91. The molecule has 28 heavy (non-hydrogen) atoms. The Kier molecular flexibility index (Phi) is 7.30. The zero-order chi connectivity index (χ0) is 20.6. The number of rotatable bonds is 9. The first-order valence-corrected chi connectivity index (χ1v) is 8.32. The molecule has 0 aliphatic heterocycles. The van der Waals surface area contributed by atoms with Crippen LogP contribution in [0.2, 0.25) is 0 Å². The number of ether oxygens (including phenoxy) is 4. The predicted octanol–water partition coefficient (Wildman–Crippen LogP) is 3.92. The summed E-state index contributed by atoms with van der Waals surface area (Å²) in [6.45, 7) is 3.31. The van der Waals surface area contributed by atoms with Crippen molar-refractivity contribution >= 4 is 5.97 Å². The van der Waals surface area contributed by atoms with Crippen molar-refractivity contribution in [3.8, 4) is 11.5 Å². The number of nitrogens with zero attached hydrogens (tertiary/aromatic N) is 2. The average Bonchev–Trinajstić information content (AvgIpc) is 3.13. The van der Waals surface area contributed by atoms with Crippen LogP contribution in [0.15, 0.2) is 48.7 Å². The van der Waals surface area contributed by atoms with Gasteiger partial charge >= 0.3 is 12.1 Å². The second-order valence-corrected chi connectivity index (χ2v) is 5.26. The van der Waals surface area contributed by atoms with Crippen molar-refractivity contribution in [3.63, 3.8) is 0 Å². The van der Waals surface area contributed by atoms with Crippen molar-refractivity contribution in [1.29, 1.82) is 0 Å². The molecule has 0 bridgehead atoms. The number of halogens is 3. The molecule has 2 aromatic rings.